The molecule has 1 heterocycles. The first-order valence-corrected chi connectivity index (χ1v) is 7.31. The largest absolute Gasteiger partial charge is 0.339 e. The molecule has 17 heavy (non-hydrogen) atoms. The topological polar surface area (TPSA) is 46.3 Å². The van der Waals surface area contributed by atoms with Gasteiger partial charge >= 0.3 is 0 Å². The highest BCUT2D eigenvalue weighted by Gasteiger charge is 2.38. The van der Waals surface area contributed by atoms with Crippen molar-refractivity contribution in [3.63, 3.8) is 0 Å². The van der Waals surface area contributed by atoms with E-state index in [1.807, 2.05) is 0 Å². The van der Waals surface area contributed by atoms with Crippen LogP contribution in [0.3, 0.4) is 0 Å². The van der Waals surface area contributed by atoms with Crippen molar-refractivity contribution in [2.75, 3.05) is 6.54 Å². The number of nitrogens with zero attached hydrogens (tertiary/aromatic N) is 1. The number of likely N-dealkylation sites (tertiary alicyclic amines) is 1. The molecule has 96 valence electrons. The van der Waals surface area contributed by atoms with E-state index in [0.717, 1.165) is 12.5 Å². The molecule has 0 bridgehead atoms. The fraction of sp³-hybridized carbons (Fsp3) is 0.929. The van der Waals surface area contributed by atoms with Crippen LogP contribution in [0.15, 0.2) is 0 Å². The van der Waals surface area contributed by atoms with Crippen LogP contribution in [0.1, 0.15) is 51.4 Å². The van der Waals surface area contributed by atoms with Gasteiger partial charge in [0, 0.05) is 25.0 Å². The Balaban J connectivity index is 1.59. The van der Waals surface area contributed by atoms with E-state index in [1.165, 1.54) is 44.9 Å². The Kier molecular flexibility index (Phi) is 3.12. The van der Waals surface area contributed by atoms with Crippen LogP contribution >= 0.6 is 0 Å². The summed E-state index contributed by atoms with van der Waals surface area (Å²) in [5, 5.41) is 0. The van der Waals surface area contributed by atoms with Crippen LogP contribution in [0.4, 0.5) is 0 Å². The van der Waals surface area contributed by atoms with Crippen molar-refractivity contribution >= 4 is 5.91 Å². The van der Waals surface area contributed by atoms with Crippen molar-refractivity contribution in [2.45, 2.75) is 63.5 Å². The highest BCUT2D eigenvalue weighted by molar-refractivity contribution is 5.77. The molecule has 0 aromatic carbocycles. The summed E-state index contributed by atoms with van der Waals surface area (Å²) >= 11 is 0. The summed E-state index contributed by atoms with van der Waals surface area (Å²) in [6.07, 6.45) is 9.48. The van der Waals surface area contributed by atoms with E-state index in [-0.39, 0.29) is 6.04 Å². The van der Waals surface area contributed by atoms with Gasteiger partial charge in [-0.15, -0.1) is 0 Å². The summed E-state index contributed by atoms with van der Waals surface area (Å²) in [6, 6.07) is 0.687. The minimum atomic E-state index is 0.129. The predicted molar refractivity (Wildman–Crippen MR) is 67.4 cm³/mol. The molecule has 1 amide bonds. The smallest absolute Gasteiger partial charge is 0.224 e. The van der Waals surface area contributed by atoms with Gasteiger partial charge in [-0.25, -0.2) is 0 Å². The van der Waals surface area contributed by atoms with Crippen LogP contribution in [0.5, 0.6) is 0 Å². The summed E-state index contributed by atoms with van der Waals surface area (Å²) in [6.45, 7) is 0.984. The van der Waals surface area contributed by atoms with Crippen molar-refractivity contribution in [1.29, 1.82) is 0 Å². The van der Waals surface area contributed by atoms with E-state index < -0.39 is 0 Å². The summed E-state index contributed by atoms with van der Waals surface area (Å²) in [5.41, 5.74) is 6.08. The number of piperidine rings is 1. The average molecular weight is 236 g/mol. The highest BCUT2D eigenvalue weighted by Crippen LogP contribution is 2.38. The van der Waals surface area contributed by atoms with Crippen LogP contribution in [0.2, 0.25) is 0 Å². The Labute approximate surface area is 104 Å². The first-order chi connectivity index (χ1) is 8.25. The van der Waals surface area contributed by atoms with Crippen LogP contribution in [-0.4, -0.2) is 29.4 Å². The second-order valence-corrected chi connectivity index (χ2v) is 6.19. The number of hydrogen-bond donors (Lipinski definition) is 1. The van der Waals surface area contributed by atoms with Gasteiger partial charge in [0.1, 0.15) is 0 Å². The van der Waals surface area contributed by atoms with E-state index in [9.17, 15) is 4.79 Å². The van der Waals surface area contributed by atoms with Crippen molar-refractivity contribution in [1.82, 2.24) is 4.90 Å². The van der Waals surface area contributed by atoms with Crippen LogP contribution < -0.4 is 5.73 Å². The number of rotatable bonds is 3. The quantitative estimate of drug-likeness (QED) is 0.813. The number of fused-ring (bicyclic) bond motifs is 1. The molecular formula is C14H24N2O. The first-order valence-electron chi connectivity index (χ1n) is 7.31. The van der Waals surface area contributed by atoms with Crippen LogP contribution in [-0.2, 0) is 4.79 Å². The van der Waals surface area contributed by atoms with Gasteiger partial charge in [0.2, 0.25) is 5.91 Å². The lowest BCUT2D eigenvalue weighted by molar-refractivity contribution is -0.136. The van der Waals surface area contributed by atoms with Crippen molar-refractivity contribution in [2.24, 2.45) is 17.6 Å². The van der Waals surface area contributed by atoms with E-state index in [1.54, 1.807) is 0 Å². The van der Waals surface area contributed by atoms with Gasteiger partial charge < -0.3 is 10.6 Å². The maximum atomic E-state index is 12.3. The van der Waals surface area contributed by atoms with Gasteiger partial charge in [0.05, 0.1) is 0 Å². The molecule has 2 saturated carbocycles. The molecule has 3 fully saturated rings. The molecule has 3 nitrogen and oxygen atoms in total. The SMILES string of the molecule is NC(CC(=O)N1CCCC2CCCC21)C1CC1. The molecule has 0 aromatic heterocycles. The molecular weight excluding hydrogens is 212 g/mol. The molecule has 2 N–H and O–H groups in total. The number of nitrogens with two attached hydrogens (primary N) is 1. The zero-order chi connectivity index (χ0) is 11.8. The van der Waals surface area contributed by atoms with Gasteiger partial charge in [0.25, 0.3) is 0 Å². The molecule has 3 atom stereocenters. The Morgan fingerprint density at radius 1 is 1.18 bits per heavy atom. The zero-order valence-electron chi connectivity index (χ0n) is 10.6. The summed E-state index contributed by atoms with van der Waals surface area (Å²) < 4.78 is 0. The molecule has 3 unspecified atom stereocenters. The lowest BCUT2D eigenvalue weighted by Crippen LogP contribution is -2.47. The fourth-order valence-corrected chi connectivity index (χ4v) is 3.77. The third-order valence-electron chi connectivity index (χ3n) is 4.95. The van der Waals surface area contributed by atoms with Crippen molar-refractivity contribution in [3.8, 4) is 0 Å². The minimum Gasteiger partial charge on any atom is -0.339 e. The molecule has 2 aliphatic carbocycles. The molecule has 0 spiro atoms. The molecule has 3 heteroatoms. The normalized spacial score (nSPS) is 34.5. The average Bonchev–Trinajstić information content (AvgIpc) is 3.06. The minimum absolute atomic E-state index is 0.129. The van der Waals surface area contributed by atoms with E-state index in [2.05, 4.69) is 4.90 Å². The van der Waals surface area contributed by atoms with E-state index in [0.29, 0.717) is 24.3 Å². The van der Waals surface area contributed by atoms with E-state index >= 15 is 0 Å². The van der Waals surface area contributed by atoms with Gasteiger partial charge in [-0.1, -0.05) is 6.42 Å². The maximum absolute atomic E-state index is 12.3. The standard InChI is InChI=1S/C14H24N2O/c15-12(10-6-7-10)9-14(17)16-8-2-4-11-3-1-5-13(11)16/h10-13H,1-9,15H2. The number of amides is 1. The summed E-state index contributed by atoms with van der Waals surface area (Å²) in [4.78, 5) is 14.5. The molecule has 3 aliphatic rings. The maximum Gasteiger partial charge on any atom is 0.224 e. The lowest BCUT2D eigenvalue weighted by Gasteiger charge is -2.38. The summed E-state index contributed by atoms with van der Waals surface area (Å²) in [7, 11) is 0. The second kappa shape index (κ2) is 4.60. The molecule has 1 saturated heterocycles. The number of carbonyl (C=O) groups is 1. The van der Waals surface area contributed by atoms with Gasteiger partial charge in [0.15, 0.2) is 0 Å². The summed E-state index contributed by atoms with van der Waals surface area (Å²) in [5.74, 6) is 1.77. The third-order valence-corrected chi connectivity index (χ3v) is 4.95. The third kappa shape index (κ3) is 2.35. The van der Waals surface area contributed by atoms with Gasteiger partial charge in [-0.2, -0.15) is 0 Å². The highest BCUT2D eigenvalue weighted by atomic mass is 16.2. The van der Waals surface area contributed by atoms with Crippen LogP contribution in [0.25, 0.3) is 0 Å². The molecule has 3 rings (SSSR count). The Morgan fingerprint density at radius 3 is 2.71 bits per heavy atom. The Bertz CT molecular complexity index is 301. The van der Waals surface area contributed by atoms with Crippen molar-refractivity contribution in [3.05, 3.63) is 0 Å². The predicted octanol–water partition coefficient (Wildman–Crippen LogP) is 1.90. The van der Waals surface area contributed by atoms with Crippen molar-refractivity contribution < 1.29 is 4.79 Å². The van der Waals surface area contributed by atoms with E-state index in [4.69, 9.17) is 5.73 Å². The first kappa shape index (κ1) is 11.5. The van der Waals surface area contributed by atoms with Crippen LogP contribution in [0, 0.1) is 11.8 Å². The molecule has 0 radical (unpaired) electrons. The Hall–Kier alpha value is -0.570. The fourth-order valence-electron chi connectivity index (χ4n) is 3.77. The second-order valence-electron chi connectivity index (χ2n) is 6.19. The lowest BCUT2D eigenvalue weighted by atomic mass is 9.91. The van der Waals surface area contributed by atoms with Gasteiger partial charge in [-0.05, 0) is 50.4 Å². The molecule has 0 aromatic rings. The number of hydrogen-bond acceptors (Lipinski definition) is 2. The van der Waals surface area contributed by atoms with Gasteiger partial charge in [-0.3, -0.25) is 4.79 Å². The Morgan fingerprint density at radius 2 is 1.94 bits per heavy atom. The zero-order valence-corrected chi connectivity index (χ0v) is 10.6. The monoisotopic (exact) mass is 236 g/mol. The molecule has 1 aliphatic heterocycles. The number of carbonyl (C=O) groups excluding carboxylic acids is 1.